The van der Waals surface area contributed by atoms with Crippen LogP contribution < -0.4 is 5.32 Å². The average molecular weight is 292 g/mol. The van der Waals surface area contributed by atoms with Crippen LogP contribution in [0.3, 0.4) is 0 Å². The third-order valence-corrected chi connectivity index (χ3v) is 3.95. The van der Waals surface area contributed by atoms with E-state index in [2.05, 4.69) is 33.4 Å². The molecule has 1 rings (SSSR count). The third kappa shape index (κ3) is 5.11. The van der Waals surface area contributed by atoms with Crippen LogP contribution >= 0.6 is 27.3 Å². The third-order valence-electron chi connectivity index (χ3n) is 2.30. The van der Waals surface area contributed by atoms with Crippen molar-refractivity contribution in [3.05, 3.63) is 20.8 Å². The first-order valence-corrected chi connectivity index (χ1v) is 6.86. The smallest absolute Gasteiger partial charge is 0.0701 e. The Balaban J connectivity index is 2.33. The van der Waals surface area contributed by atoms with E-state index in [0.717, 1.165) is 26.1 Å². The Morgan fingerprint density at radius 3 is 2.87 bits per heavy atom. The quantitative estimate of drug-likeness (QED) is 0.780. The monoisotopic (exact) mass is 291 g/mol. The summed E-state index contributed by atoms with van der Waals surface area (Å²) in [6.45, 7) is 3.68. The molecule has 0 fully saturated rings. The number of halogens is 1. The maximum absolute atomic E-state index is 5.36. The van der Waals surface area contributed by atoms with E-state index >= 15 is 0 Å². The van der Waals surface area contributed by atoms with Crippen molar-refractivity contribution in [2.75, 3.05) is 20.3 Å². The van der Waals surface area contributed by atoms with Gasteiger partial charge in [0.2, 0.25) is 0 Å². The molecule has 1 heterocycles. The average Bonchev–Trinajstić information content (AvgIpc) is 2.63. The van der Waals surface area contributed by atoms with Gasteiger partial charge in [-0.3, -0.25) is 0 Å². The van der Waals surface area contributed by atoms with E-state index in [-0.39, 0.29) is 0 Å². The molecule has 1 aromatic heterocycles. The summed E-state index contributed by atoms with van der Waals surface area (Å²) in [5, 5.41) is 3.33. The van der Waals surface area contributed by atoms with E-state index in [0.29, 0.717) is 6.04 Å². The van der Waals surface area contributed by atoms with E-state index in [1.807, 2.05) is 14.0 Å². The van der Waals surface area contributed by atoms with Gasteiger partial charge >= 0.3 is 0 Å². The Labute approximate surface area is 104 Å². The largest absolute Gasteiger partial charge is 0.382 e. The van der Waals surface area contributed by atoms with Crippen LogP contribution in [-0.4, -0.2) is 26.3 Å². The summed E-state index contributed by atoms with van der Waals surface area (Å²) in [5.41, 5.74) is 0. The van der Waals surface area contributed by atoms with Crippen molar-refractivity contribution >= 4 is 27.3 Å². The van der Waals surface area contributed by atoms with Gasteiger partial charge in [-0.25, -0.2) is 0 Å². The molecule has 15 heavy (non-hydrogen) atoms. The minimum atomic E-state index is 0.516. The second-order valence-corrected chi connectivity index (χ2v) is 5.93. The van der Waals surface area contributed by atoms with Gasteiger partial charge < -0.3 is 10.1 Å². The van der Waals surface area contributed by atoms with Gasteiger partial charge in [-0.05, 0) is 54.9 Å². The lowest BCUT2D eigenvalue weighted by Gasteiger charge is -2.14. The van der Waals surface area contributed by atoms with Crippen LogP contribution in [0.2, 0.25) is 0 Å². The number of likely N-dealkylation sites (N-methyl/N-ethyl adjacent to an activating group) is 1. The van der Waals surface area contributed by atoms with Crippen molar-refractivity contribution in [3.63, 3.8) is 0 Å². The lowest BCUT2D eigenvalue weighted by Crippen LogP contribution is -2.28. The highest BCUT2D eigenvalue weighted by Gasteiger charge is 2.08. The number of rotatable bonds is 7. The first-order valence-electron chi connectivity index (χ1n) is 5.25. The van der Waals surface area contributed by atoms with Gasteiger partial charge in [-0.1, -0.05) is 0 Å². The summed E-state index contributed by atoms with van der Waals surface area (Å²) >= 11 is 5.29. The summed E-state index contributed by atoms with van der Waals surface area (Å²) < 4.78 is 6.57. The lowest BCUT2D eigenvalue weighted by atomic mass is 10.1. The number of thiophene rings is 1. The van der Waals surface area contributed by atoms with Crippen molar-refractivity contribution in [1.29, 1.82) is 0 Å². The van der Waals surface area contributed by atoms with Crippen LogP contribution in [0.1, 0.15) is 18.2 Å². The van der Waals surface area contributed by atoms with E-state index in [9.17, 15) is 0 Å². The van der Waals surface area contributed by atoms with Crippen LogP contribution in [0, 0.1) is 0 Å². The van der Waals surface area contributed by atoms with Gasteiger partial charge in [0.15, 0.2) is 0 Å². The van der Waals surface area contributed by atoms with Gasteiger partial charge in [0.05, 0.1) is 3.79 Å². The molecule has 0 bridgehead atoms. The summed E-state index contributed by atoms with van der Waals surface area (Å²) in [6.07, 6.45) is 2.15. The number of ether oxygens (including phenoxy) is 1. The van der Waals surface area contributed by atoms with Gasteiger partial charge in [-0.15, -0.1) is 11.3 Å². The second-order valence-electron chi connectivity index (χ2n) is 3.38. The van der Waals surface area contributed by atoms with Gasteiger partial charge in [-0.2, -0.15) is 0 Å². The standard InChI is InChI=1S/C11H18BrNOS/c1-3-14-7-6-9(13-2)8-10-4-5-11(12)15-10/h4-5,9,13H,3,6-8H2,1-2H3. The highest BCUT2D eigenvalue weighted by molar-refractivity contribution is 9.11. The molecule has 0 saturated heterocycles. The molecule has 0 spiro atoms. The van der Waals surface area contributed by atoms with Crippen molar-refractivity contribution in [2.24, 2.45) is 0 Å². The van der Waals surface area contributed by atoms with Crippen LogP contribution in [0.25, 0.3) is 0 Å². The highest BCUT2D eigenvalue weighted by atomic mass is 79.9. The van der Waals surface area contributed by atoms with E-state index < -0.39 is 0 Å². The Morgan fingerprint density at radius 1 is 1.53 bits per heavy atom. The SMILES string of the molecule is CCOCCC(Cc1ccc(Br)s1)NC. The van der Waals surface area contributed by atoms with E-state index in [4.69, 9.17) is 4.74 Å². The molecule has 1 atom stereocenters. The molecule has 1 N–H and O–H groups in total. The fourth-order valence-electron chi connectivity index (χ4n) is 1.42. The summed E-state index contributed by atoms with van der Waals surface area (Å²) in [4.78, 5) is 1.41. The fourth-order valence-corrected chi connectivity index (χ4v) is 2.99. The number of nitrogens with one attached hydrogen (secondary N) is 1. The molecular formula is C11H18BrNOS. The van der Waals surface area contributed by atoms with Crippen LogP contribution in [0.4, 0.5) is 0 Å². The van der Waals surface area contributed by atoms with Gasteiger partial charge in [0.25, 0.3) is 0 Å². The van der Waals surface area contributed by atoms with Crippen molar-refractivity contribution < 1.29 is 4.74 Å². The minimum absolute atomic E-state index is 0.516. The molecule has 1 aromatic rings. The van der Waals surface area contributed by atoms with E-state index in [1.165, 1.54) is 8.66 Å². The first-order chi connectivity index (χ1) is 7.26. The molecule has 0 radical (unpaired) electrons. The molecule has 1 unspecified atom stereocenters. The fraction of sp³-hybridized carbons (Fsp3) is 0.636. The molecular weight excluding hydrogens is 274 g/mol. The maximum Gasteiger partial charge on any atom is 0.0701 e. The maximum atomic E-state index is 5.36. The molecule has 0 aliphatic rings. The summed E-state index contributed by atoms with van der Waals surface area (Å²) in [6, 6.07) is 4.80. The number of hydrogen-bond acceptors (Lipinski definition) is 3. The molecule has 86 valence electrons. The number of hydrogen-bond donors (Lipinski definition) is 1. The molecule has 2 nitrogen and oxygen atoms in total. The zero-order chi connectivity index (χ0) is 11.1. The lowest BCUT2D eigenvalue weighted by molar-refractivity contribution is 0.137. The molecule has 0 amide bonds. The second kappa shape index (κ2) is 7.39. The minimum Gasteiger partial charge on any atom is -0.382 e. The Hall–Kier alpha value is 0.1000. The Morgan fingerprint density at radius 2 is 2.33 bits per heavy atom. The summed E-state index contributed by atoms with van der Waals surface area (Å²) in [5.74, 6) is 0. The van der Waals surface area contributed by atoms with Gasteiger partial charge in [0, 0.05) is 24.1 Å². The topological polar surface area (TPSA) is 21.3 Å². The van der Waals surface area contributed by atoms with E-state index in [1.54, 1.807) is 11.3 Å². The Bertz CT molecular complexity index is 277. The van der Waals surface area contributed by atoms with Crippen LogP contribution in [0.5, 0.6) is 0 Å². The predicted molar refractivity (Wildman–Crippen MR) is 69.7 cm³/mol. The van der Waals surface area contributed by atoms with Crippen LogP contribution in [0.15, 0.2) is 15.9 Å². The van der Waals surface area contributed by atoms with Crippen molar-refractivity contribution in [2.45, 2.75) is 25.8 Å². The van der Waals surface area contributed by atoms with Crippen LogP contribution in [-0.2, 0) is 11.2 Å². The van der Waals surface area contributed by atoms with Crippen molar-refractivity contribution in [3.8, 4) is 0 Å². The zero-order valence-electron chi connectivity index (χ0n) is 9.25. The van der Waals surface area contributed by atoms with Gasteiger partial charge in [0.1, 0.15) is 0 Å². The Kier molecular flexibility index (Phi) is 6.48. The highest BCUT2D eigenvalue weighted by Crippen LogP contribution is 2.23. The zero-order valence-corrected chi connectivity index (χ0v) is 11.7. The predicted octanol–water partition coefficient (Wildman–Crippen LogP) is 3.07. The first kappa shape index (κ1) is 13.2. The normalized spacial score (nSPS) is 13.0. The molecule has 0 aliphatic heterocycles. The molecule has 0 saturated carbocycles. The van der Waals surface area contributed by atoms with Crippen molar-refractivity contribution in [1.82, 2.24) is 5.32 Å². The molecule has 0 aromatic carbocycles. The molecule has 0 aliphatic carbocycles. The molecule has 4 heteroatoms. The summed E-state index contributed by atoms with van der Waals surface area (Å²) in [7, 11) is 2.01.